The first-order chi connectivity index (χ1) is 9.20. The van der Waals surface area contributed by atoms with Crippen molar-refractivity contribution in [2.45, 2.75) is 6.54 Å². The Morgan fingerprint density at radius 1 is 1.37 bits per heavy atom. The minimum absolute atomic E-state index is 0.255. The summed E-state index contributed by atoms with van der Waals surface area (Å²) in [5.74, 6) is 0.335. The second kappa shape index (κ2) is 6.15. The summed E-state index contributed by atoms with van der Waals surface area (Å²) < 4.78 is 0. The number of nitrogens with one attached hydrogen (secondary N) is 2. The lowest BCUT2D eigenvalue weighted by molar-refractivity contribution is 0.0950. The predicted octanol–water partition coefficient (Wildman–Crippen LogP) is 2.10. The summed E-state index contributed by atoms with van der Waals surface area (Å²) in [4.78, 5) is 20.2. The van der Waals surface area contributed by atoms with Crippen molar-refractivity contribution in [2.24, 2.45) is 0 Å². The van der Waals surface area contributed by atoms with Crippen LogP contribution in [0.2, 0.25) is 5.02 Å². The van der Waals surface area contributed by atoms with Gasteiger partial charge in [-0.1, -0.05) is 17.7 Å². The molecule has 98 valence electrons. The van der Waals surface area contributed by atoms with Gasteiger partial charge in [-0.15, -0.1) is 0 Å². The van der Waals surface area contributed by atoms with Crippen molar-refractivity contribution in [3.05, 3.63) is 52.9 Å². The average molecular weight is 277 g/mol. The first-order valence-corrected chi connectivity index (χ1v) is 6.10. The number of rotatable bonds is 4. The van der Waals surface area contributed by atoms with Crippen molar-refractivity contribution in [2.75, 3.05) is 12.4 Å². The van der Waals surface area contributed by atoms with E-state index >= 15 is 0 Å². The number of hydrogen-bond donors (Lipinski definition) is 2. The Morgan fingerprint density at radius 3 is 2.89 bits per heavy atom. The highest BCUT2D eigenvalue weighted by Crippen LogP contribution is 2.17. The number of hydrogen-bond acceptors (Lipinski definition) is 4. The van der Waals surface area contributed by atoms with Crippen LogP contribution in [0.4, 0.5) is 5.82 Å². The van der Waals surface area contributed by atoms with Gasteiger partial charge in [-0.25, -0.2) is 4.98 Å². The number of aromatic nitrogens is 2. The summed E-state index contributed by atoms with van der Waals surface area (Å²) in [5.41, 5.74) is 1.17. The van der Waals surface area contributed by atoms with E-state index in [0.717, 1.165) is 5.69 Å². The summed E-state index contributed by atoms with van der Waals surface area (Å²) in [6.45, 7) is 0.354. The summed E-state index contributed by atoms with van der Waals surface area (Å²) in [6.07, 6.45) is 3.13. The van der Waals surface area contributed by atoms with Gasteiger partial charge in [-0.3, -0.25) is 9.78 Å². The maximum absolute atomic E-state index is 12.0. The van der Waals surface area contributed by atoms with Gasteiger partial charge in [0, 0.05) is 19.4 Å². The van der Waals surface area contributed by atoms with Gasteiger partial charge in [0.2, 0.25) is 0 Å². The maximum Gasteiger partial charge on any atom is 0.253 e. The Hall–Kier alpha value is -2.14. The van der Waals surface area contributed by atoms with Gasteiger partial charge >= 0.3 is 0 Å². The second-order valence-corrected chi connectivity index (χ2v) is 4.21. The lowest BCUT2D eigenvalue weighted by Gasteiger charge is -2.07. The summed E-state index contributed by atoms with van der Waals surface area (Å²) in [7, 11) is 1.73. The summed E-state index contributed by atoms with van der Waals surface area (Å²) >= 11 is 5.96. The SMILES string of the molecule is CNc1cc(C(=O)NCc2ccccn2)c(Cl)cn1. The van der Waals surface area contributed by atoms with Gasteiger partial charge in [-0.05, 0) is 18.2 Å². The van der Waals surface area contributed by atoms with Gasteiger partial charge in [0.05, 0.1) is 22.8 Å². The molecule has 2 heterocycles. The van der Waals surface area contributed by atoms with Crippen molar-refractivity contribution >= 4 is 23.3 Å². The van der Waals surface area contributed by atoms with E-state index in [2.05, 4.69) is 20.6 Å². The van der Waals surface area contributed by atoms with E-state index in [4.69, 9.17) is 11.6 Å². The number of carbonyl (C=O) groups is 1. The van der Waals surface area contributed by atoms with Crippen molar-refractivity contribution < 1.29 is 4.79 Å². The van der Waals surface area contributed by atoms with E-state index in [1.165, 1.54) is 6.20 Å². The Morgan fingerprint density at radius 2 is 2.21 bits per heavy atom. The molecular weight excluding hydrogens is 264 g/mol. The molecule has 2 aromatic rings. The normalized spacial score (nSPS) is 10.0. The lowest BCUT2D eigenvalue weighted by atomic mass is 10.2. The van der Waals surface area contributed by atoms with E-state index in [0.29, 0.717) is 22.9 Å². The van der Waals surface area contributed by atoms with Gasteiger partial charge in [0.15, 0.2) is 0 Å². The highest BCUT2D eigenvalue weighted by molar-refractivity contribution is 6.33. The smallest absolute Gasteiger partial charge is 0.253 e. The quantitative estimate of drug-likeness (QED) is 0.897. The van der Waals surface area contributed by atoms with Crippen LogP contribution in [-0.4, -0.2) is 22.9 Å². The molecule has 0 unspecified atom stereocenters. The van der Waals surface area contributed by atoms with Crippen LogP contribution in [0.15, 0.2) is 36.7 Å². The topological polar surface area (TPSA) is 66.9 Å². The van der Waals surface area contributed by atoms with Crippen LogP contribution in [0, 0.1) is 0 Å². The number of halogens is 1. The lowest BCUT2D eigenvalue weighted by Crippen LogP contribution is -2.23. The average Bonchev–Trinajstić information content (AvgIpc) is 2.46. The summed E-state index contributed by atoms with van der Waals surface area (Å²) in [6, 6.07) is 7.14. The van der Waals surface area contributed by atoms with Crippen molar-refractivity contribution in [3.63, 3.8) is 0 Å². The molecule has 0 saturated heterocycles. The monoisotopic (exact) mass is 276 g/mol. The fourth-order valence-corrected chi connectivity index (χ4v) is 1.71. The molecule has 0 aromatic carbocycles. The van der Waals surface area contributed by atoms with Crippen LogP contribution in [0.3, 0.4) is 0 Å². The molecule has 2 aromatic heterocycles. The predicted molar refractivity (Wildman–Crippen MR) is 74.2 cm³/mol. The molecule has 0 atom stereocenters. The minimum atomic E-state index is -0.255. The van der Waals surface area contributed by atoms with E-state index in [1.807, 2.05) is 18.2 Å². The van der Waals surface area contributed by atoms with Crippen LogP contribution in [0.25, 0.3) is 0 Å². The number of carbonyl (C=O) groups excluding carboxylic acids is 1. The Bertz CT molecular complexity index is 574. The molecule has 6 heteroatoms. The fourth-order valence-electron chi connectivity index (χ4n) is 1.52. The molecule has 19 heavy (non-hydrogen) atoms. The molecule has 5 nitrogen and oxygen atoms in total. The van der Waals surface area contributed by atoms with E-state index in [9.17, 15) is 4.79 Å². The zero-order valence-electron chi connectivity index (χ0n) is 10.4. The highest BCUT2D eigenvalue weighted by atomic mass is 35.5. The molecule has 2 N–H and O–H groups in total. The van der Waals surface area contributed by atoms with Crippen LogP contribution in [0.1, 0.15) is 16.1 Å². The molecule has 1 amide bonds. The second-order valence-electron chi connectivity index (χ2n) is 3.80. The van der Waals surface area contributed by atoms with Crippen LogP contribution >= 0.6 is 11.6 Å². The molecule has 0 aliphatic carbocycles. The van der Waals surface area contributed by atoms with Crippen LogP contribution < -0.4 is 10.6 Å². The highest BCUT2D eigenvalue weighted by Gasteiger charge is 2.11. The van der Waals surface area contributed by atoms with Gasteiger partial charge in [0.25, 0.3) is 5.91 Å². The molecule has 0 aliphatic heterocycles. The first-order valence-electron chi connectivity index (χ1n) is 5.72. The maximum atomic E-state index is 12.0. The third kappa shape index (κ3) is 3.42. The number of anilines is 1. The third-order valence-electron chi connectivity index (χ3n) is 2.51. The first kappa shape index (κ1) is 13.3. The fraction of sp³-hybridized carbons (Fsp3) is 0.154. The van der Waals surface area contributed by atoms with Gasteiger partial charge < -0.3 is 10.6 Å². The third-order valence-corrected chi connectivity index (χ3v) is 2.81. The zero-order valence-corrected chi connectivity index (χ0v) is 11.1. The zero-order chi connectivity index (χ0) is 13.7. The van der Waals surface area contributed by atoms with Crippen molar-refractivity contribution in [3.8, 4) is 0 Å². The van der Waals surface area contributed by atoms with E-state index in [-0.39, 0.29) is 5.91 Å². The van der Waals surface area contributed by atoms with E-state index in [1.54, 1.807) is 19.3 Å². The molecule has 0 spiro atoms. The number of amides is 1. The molecule has 0 fully saturated rings. The largest absolute Gasteiger partial charge is 0.373 e. The number of pyridine rings is 2. The Kier molecular flexibility index (Phi) is 4.30. The van der Waals surface area contributed by atoms with Gasteiger partial charge in [-0.2, -0.15) is 0 Å². The molecule has 0 saturated carbocycles. The molecular formula is C13H13ClN4O. The van der Waals surface area contributed by atoms with Crippen molar-refractivity contribution in [1.82, 2.24) is 15.3 Å². The van der Waals surface area contributed by atoms with Crippen LogP contribution in [0.5, 0.6) is 0 Å². The number of nitrogens with zero attached hydrogens (tertiary/aromatic N) is 2. The standard InChI is InChI=1S/C13H13ClN4O/c1-15-12-6-10(11(14)8-17-12)13(19)18-7-9-4-2-3-5-16-9/h2-6,8H,7H2,1H3,(H,15,17)(H,18,19). The molecule has 0 radical (unpaired) electrons. The summed E-state index contributed by atoms with van der Waals surface area (Å²) in [5, 5.41) is 5.94. The molecule has 0 bridgehead atoms. The minimum Gasteiger partial charge on any atom is -0.373 e. The Balaban J connectivity index is 2.08. The molecule has 2 rings (SSSR count). The molecule has 0 aliphatic rings. The van der Waals surface area contributed by atoms with Crippen molar-refractivity contribution in [1.29, 1.82) is 0 Å². The van der Waals surface area contributed by atoms with Crippen LogP contribution in [-0.2, 0) is 6.54 Å². The van der Waals surface area contributed by atoms with E-state index < -0.39 is 0 Å². The van der Waals surface area contributed by atoms with Gasteiger partial charge in [0.1, 0.15) is 5.82 Å². The Labute approximate surface area is 116 Å².